The molecule has 1 fully saturated rings. The summed E-state index contributed by atoms with van der Waals surface area (Å²) in [5, 5.41) is 3.76. The van der Waals surface area contributed by atoms with E-state index in [0.717, 1.165) is 11.0 Å². The normalized spacial score (nSPS) is 15.0. The lowest BCUT2D eigenvalue weighted by atomic mass is 10.2. The Balaban J connectivity index is 1.88. The maximum absolute atomic E-state index is 11.5. The van der Waals surface area contributed by atoms with E-state index >= 15 is 0 Å². The number of hydrogen-bond donors (Lipinski definition) is 1. The van der Waals surface area contributed by atoms with Crippen LogP contribution in [0.5, 0.6) is 0 Å². The third-order valence-electron chi connectivity index (χ3n) is 2.56. The summed E-state index contributed by atoms with van der Waals surface area (Å²) in [6.45, 7) is 0. The van der Waals surface area contributed by atoms with Gasteiger partial charge in [0.25, 0.3) is 0 Å². The van der Waals surface area contributed by atoms with Crippen LogP contribution >= 0.6 is 15.9 Å². The predicted octanol–water partition coefficient (Wildman–Crippen LogP) is 3.32. The second-order valence-corrected chi connectivity index (χ2v) is 4.59. The number of alkyl halides is 1. The molecule has 1 N–H and O–H groups in total. The van der Waals surface area contributed by atoms with Crippen molar-refractivity contribution < 1.29 is 4.79 Å². The third kappa shape index (κ3) is 3.34. The van der Waals surface area contributed by atoms with Crippen molar-refractivity contribution in [3.8, 4) is 0 Å². The standard InChI is InChI=1S/C12H14BrNO/c13-8-10-3-5-11(6-4-10)14-12(15)7-9-1-2-9/h3-6,9H,1-2,7-8H2,(H,14,15). The Morgan fingerprint density at radius 3 is 2.53 bits per heavy atom. The zero-order chi connectivity index (χ0) is 10.7. The largest absolute Gasteiger partial charge is 0.326 e. The van der Waals surface area contributed by atoms with E-state index in [2.05, 4.69) is 21.2 Å². The van der Waals surface area contributed by atoms with Gasteiger partial charge < -0.3 is 5.32 Å². The monoisotopic (exact) mass is 267 g/mol. The number of hydrogen-bond acceptors (Lipinski definition) is 1. The molecule has 1 amide bonds. The van der Waals surface area contributed by atoms with Crippen LogP contribution in [0.25, 0.3) is 0 Å². The van der Waals surface area contributed by atoms with Gasteiger partial charge in [0, 0.05) is 17.4 Å². The zero-order valence-corrected chi connectivity index (χ0v) is 10.1. The number of benzene rings is 1. The Morgan fingerprint density at radius 2 is 2.00 bits per heavy atom. The van der Waals surface area contributed by atoms with E-state index in [1.165, 1.54) is 18.4 Å². The van der Waals surface area contributed by atoms with E-state index in [4.69, 9.17) is 0 Å². The molecule has 1 saturated carbocycles. The van der Waals surface area contributed by atoms with Crippen molar-refractivity contribution in [3.05, 3.63) is 29.8 Å². The molecule has 80 valence electrons. The molecule has 15 heavy (non-hydrogen) atoms. The number of anilines is 1. The van der Waals surface area contributed by atoms with Crippen LogP contribution in [0.4, 0.5) is 5.69 Å². The summed E-state index contributed by atoms with van der Waals surface area (Å²) in [6, 6.07) is 7.92. The van der Waals surface area contributed by atoms with Crippen LogP contribution in [0.3, 0.4) is 0 Å². The fourth-order valence-corrected chi connectivity index (χ4v) is 1.85. The van der Waals surface area contributed by atoms with Gasteiger partial charge in [-0.05, 0) is 36.5 Å². The molecule has 0 radical (unpaired) electrons. The van der Waals surface area contributed by atoms with E-state index in [1.807, 2.05) is 24.3 Å². The summed E-state index contributed by atoms with van der Waals surface area (Å²) >= 11 is 3.39. The van der Waals surface area contributed by atoms with Crippen LogP contribution < -0.4 is 5.32 Å². The Labute approximate surface area is 98.2 Å². The predicted molar refractivity (Wildman–Crippen MR) is 65.0 cm³/mol. The summed E-state index contributed by atoms with van der Waals surface area (Å²) < 4.78 is 0. The minimum atomic E-state index is 0.143. The van der Waals surface area contributed by atoms with E-state index in [-0.39, 0.29) is 5.91 Å². The summed E-state index contributed by atoms with van der Waals surface area (Å²) in [4.78, 5) is 11.5. The highest BCUT2D eigenvalue weighted by molar-refractivity contribution is 9.08. The van der Waals surface area contributed by atoms with Crippen LogP contribution in [-0.4, -0.2) is 5.91 Å². The van der Waals surface area contributed by atoms with Gasteiger partial charge in [-0.1, -0.05) is 28.1 Å². The van der Waals surface area contributed by atoms with Gasteiger partial charge in [-0.15, -0.1) is 0 Å². The Morgan fingerprint density at radius 1 is 1.33 bits per heavy atom. The molecule has 1 aliphatic rings. The smallest absolute Gasteiger partial charge is 0.224 e. The average molecular weight is 268 g/mol. The van der Waals surface area contributed by atoms with Gasteiger partial charge in [-0.3, -0.25) is 4.79 Å². The number of carbonyl (C=O) groups is 1. The summed E-state index contributed by atoms with van der Waals surface area (Å²) in [6.07, 6.45) is 3.12. The molecule has 0 spiro atoms. The van der Waals surface area contributed by atoms with Crippen molar-refractivity contribution in [2.45, 2.75) is 24.6 Å². The molecule has 0 heterocycles. The highest BCUT2D eigenvalue weighted by atomic mass is 79.9. The first-order chi connectivity index (χ1) is 7.28. The zero-order valence-electron chi connectivity index (χ0n) is 8.50. The van der Waals surface area contributed by atoms with E-state index in [9.17, 15) is 4.79 Å². The maximum Gasteiger partial charge on any atom is 0.224 e. The molecule has 1 aromatic carbocycles. The van der Waals surface area contributed by atoms with Gasteiger partial charge in [-0.25, -0.2) is 0 Å². The molecular weight excluding hydrogens is 254 g/mol. The number of halogens is 1. The molecule has 1 aromatic rings. The van der Waals surface area contributed by atoms with E-state index < -0.39 is 0 Å². The quantitative estimate of drug-likeness (QED) is 0.834. The lowest BCUT2D eigenvalue weighted by Gasteiger charge is -2.04. The Hall–Kier alpha value is -0.830. The van der Waals surface area contributed by atoms with Gasteiger partial charge >= 0.3 is 0 Å². The van der Waals surface area contributed by atoms with Gasteiger partial charge in [0.2, 0.25) is 5.91 Å². The highest BCUT2D eigenvalue weighted by Crippen LogP contribution is 2.32. The molecule has 0 unspecified atom stereocenters. The topological polar surface area (TPSA) is 29.1 Å². The molecule has 2 nitrogen and oxygen atoms in total. The maximum atomic E-state index is 11.5. The summed E-state index contributed by atoms with van der Waals surface area (Å²) in [5.41, 5.74) is 2.11. The fourth-order valence-electron chi connectivity index (χ4n) is 1.47. The molecular formula is C12H14BrNO. The molecule has 0 atom stereocenters. The number of rotatable bonds is 4. The van der Waals surface area contributed by atoms with Crippen molar-refractivity contribution in [1.29, 1.82) is 0 Å². The molecule has 0 aliphatic heterocycles. The van der Waals surface area contributed by atoms with Gasteiger partial charge in [0.1, 0.15) is 0 Å². The summed E-state index contributed by atoms with van der Waals surface area (Å²) in [5.74, 6) is 0.788. The third-order valence-corrected chi connectivity index (χ3v) is 3.21. The number of amides is 1. The Kier molecular flexibility index (Phi) is 3.41. The molecule has 0 aromatic heterocycles. The second-order valence-electron chi connectivity index (χ2n) is 4.03. The SMILES string of the molecule is O=C(CC1CC1)Nc1ccc(CBr)cc1. The van der Waals surface area contributed by atoms with E-state index in [1.54, 1.807) is 0 Å². The molecule has 3 heteroatoms. The summed E-state index contributed by atoms with van der Waals surface area (Å²) in [7, 11) is 0. The van der Waals surface area contributed by atoms with Crippen molar-refractivity contribution in [2.75, 3.05) is 5.32 Å². The minimum absolute atomic E-state index is 0.143. The lowest BCUT2D eigenvalue weighted by Crippen LogP contribution is -2.11. The minimum Gasteiger partial charge on any atom is -0.326 e. The van der Waals surface area contributed by atoms with Gasteiger partial charge in [0.05, 0.1) is 0 Å². The first kappa shape index (κ1) is 10.7. The van der Waals surface area contributed by atoms with Crippen molar-refractivity contribution in [3.63, 3.8) is 0 Å². The Bertz CT molecular complexity index is 343. The van der Waals surface area contributed by atoms with Crippen LogP contribution in [0.1, 0.15) is 24.8 Å². The van der Waals surface area contributed by atoms with E-state index in [0.29, 0.717) is 12.3 Å². The van der Waals surface area contributed by atoms with Crippen LogP contribution in [0, 0.1) is 5.92 Å². The molecule has 2 rings (SSSR count). The molecule has 1 aliphatic carbocycles. The molecule has 0 bridgehead atoms. The first-order valence-electron chi connectivity index (χ1n) is 5.22. The number of nitrogens with one attached hydrogen (secondary N) is 1. The van der Waals surface area contributed by atoms with Crippen LogP contribution in [-0.2, 0) is 10.1 Å². The van der Waals surface area contributed by atoms with Gasteiger partial charge in [-0.2, -0.15) is 0 Å². The second kappa shape index (κ2) is 4.79. The van der Waals surface area contributed by atoms with Crippen LogP contribution in [0.2, 0.25) is 0 Å². The van der Waals surface area contributed by atoms with Crippen molar-refractivity contribution in [2.24, 2.45) is 5.92 Å². The average Bonchev–Trinajstić information content (AvgIpc) is 3.03. The van der Waals surface area contributed by atoms with Gasteiger partial charge in [0.15, 0.2) is 0 Å². The lowest BCUT2D eigenvalue weighted by molar-refractivity contribution is -0.116. The first-order valence-corrected chi connectivity index (χ1v) is 6.35. The fraction of sp³-hybridized carbons (Fsp3) is 0.417. The van der Waals surface area contributed by atoms with Crippen molar-refractivity contribution >= 4 is 27.5 Å². The highest BCUT2D eigenvalue weighted by Gasteiger charge is 2.24. The van der Waals surface area contributed by atoms with Crippen LogP contribution in [0.15, 0.2) is 24.3 Å². The molecule has 0 saturated heterocycles. The number of carbonyl (C=O) groups excluding carboxylic acids is 1. The van der Waals surface area contributed by atoms with Crippen molar-refractivity contribution in [1.82, 2.24) is 0 Å².